The van der Waals surface area contributed by atoms with Crippen molar-refractivity contribution in [1.29, 1.82) is 0 Å². The van der Waals surface area contributed by atoms with Gasteiger partial charge in [0, 0.05) is 57.9 Å². The number of amides is 2. The van der Waals surface area contributed by atoms with Crippen LogP contribution in [0, 0.1) is 5.92 Å². The number of hydrogen-bond acceptors (Lipinski definition) is 4. The van der Waals surface area contributed by atoms with Crippen molar-refractivity contribution in [3.05, 3.63) is 70.4 Å². The van der Waals surface area contributed by atoms with Crippen LogP contribution in [0.15, 0.2) is 64.9 Å². The molecule has 0 spiro atoms. The molecule has 6 nitrogen and oxygen atoms in total. The summed E-state index contributed by atoms with van der Waals surface area (Å²) in [5.41, 5.74) is 3.91. The summed E-state index contributed by atoms with van der Waals surface area (Å²) < 4.78 is 41.8. The predicted molar refractivity (Wildman–Crippen MR) is 143 cm³/mol. The molecule has 2 amide bonds. The van der Waals surface area contributed by atoms with Crippen molar-refractivity contribution in [3.63, 3.8) is 0 Å². The third-order valence-electron chi connectivity index (χ3n) is 7.29. The number of likely N-dealkylation sites (tertiary alicyclic amines) is 1. The number of alkyl halides is 3. The normalized spacial score (nSPS) is 18.5. The van der Waals surface area contributed by atoms with Crippen LogP contribution in [0.4, 0.5) is 13.2 Å². The van der Waals surface area contributed by atoms with E-state index in [0.29, 0.717) is 29.4 Å². The fourth-order valence-electron chi connectivity index (χ4n) is 4.90. The van der Waals surface area contributed by atoms with Crippen molar-refractivity contribution in [2.24, 2.45) is 11.7 Å². The van der Waals surface area contributed by atoms with Gasteiger partial charge in [-0.3, -0.25) is 9.59 Å². The zero-order chi connectivity index (χ0) is 28.1. The predicted octanol–water partition coefficient (Wildman–Crippen LogP) is 4.78. The van der Waals surface area contributed by atoms with Crippen molar-refractivity contribution < 1.29 is 22.8 Å². The van der Waals surface area contributed by atoms with Crippen LogP contribution in [0.1, 0.15) is 37.7 Å². The Morgan fingerprint density at radius 1 is 1.08 bits per heavy atom. The van der Waals surface area contributed by atoms with Gasteiger partial charge in [-0.2, -0.15) is 13.2 Å². The zero-order valence-corrected chi connectivity index (χ0v) is 22.9. The number of benzene rings is 1. The summed E-state index contributed by atoms with van der Waals surface area (Å²) in [5, 5.41) is 0.516. The van der Waals surface area contributed by atoms with E-state index in [9.17, 15) is 22.8 Å². The van der Waals surface area contributed by atoms with Gasteiger partial charge in [0.15, 0.2) is 0 Å². The third-order valence-corrected chi connectivity index (χ3v) is 7.64. The molecule has 0 saturated carbocycles. The van der Waals surface area contributed by atoms with E-state index in [0.717, 1.165) is 42.9 Å². The Balaban J connectivity index is 1.51. The van der Waals surface area contributed by atoms with Crippen molar-refractivity contribution >= 4 is 23.4 Å². The summed E-state index contributed by atoms with van der Waals surface area (Å²) >= 11 is 6.37. The summed E-state index contributed by atoms with van der Waals surface area (Å²) in [6.07, 6.45) is 4.56. The summed E-state index contributed by atoms with van der Waals surface area (Å²) in [6, 6.07) is 6.93. The minimum Gasteiger partial charge on any atom is -0.372 e. The number of likely N-dealkylation sites (N-methyl/N-ethyl adjacent to an activating group) is 2. The second-order valence-corrected chi connectivity index (χ2v) is 10.6. The first-order chi connectivity index (χ1) is 17.9. The maximum Gasteiger partial charge on any atom is 0.419 e. The van der Waals surface area contributed by atoms with Crippen LogP contribution in [-0.2, 0) is 15.1 Å². The number of nitrogens with zero attached hydrogens (tertiary/aromatic N) is 3. The van der Waals surface area contributed by atoms with Crippen LogP contribution in [0.5, 0.6) is 0 Å². The van der Waals surface area contributed by atoms with Gasteiger partial charge in [0.2, 0.25) is 5.54 Å². The topological polar surface area (TPSA) is 69.9 Å². The average Bonchev–Trinajstić information content (AvgIpc) is 3.08. The van der Waals surface area contributed by atoms with Gasteiger partial charge < -0.3 is 20.4 Å². The van der Waals surface area contributed by atoms with E-state index in [1.807, 2.05) is 12.2 Å². The molecule has 0 radical (unpaired) electrons. The molecule has 0 aromatic heterocycles. The maximum absolute atomic E-state index is 13.9. The van der Waals surface area contributed by atoms with E-state index in [4.69, 9.17) is 17.3 Å². The number of piperidine rings is 1. The van der Waals surface area contributed by atoms with Gasteiger partial charge in [0.1, 0.15) is 0 Å². The lowest BCUT2D eigenvalue weighted by Gasteiger charge is -2.36. The van der Waals surface area contributed by atoms with Crippen molar-refractivity contribution in [2.75, 3.05) is 40.8 Å². The molecule has 10 heteroatoms. The van der Waals surface area contributed by atoms with Crippen LogP contribution in [0.25, 0.3) is 0 Å². The largest absolute Gasteiger partial charge is 0.419 e. The van der Waals surface area contributed by atoms with Gasteiger partial charge in [0.25, 0.3) is 11.8 Å². The fourth-order valence-corrected chi connectivity index (χ4v) is 5.12. The molecule has 208 valence electrons. The first-order valence-corrected chi connectivity index (χ1v) is 13.1. The lowest BCUT2D eigenvalue weighted by Crippen LogP contribution is -2.61. The second-order valence-electron chi connectivity index (χ2n) is 10.2. The van der Waals surface area contributed by atoms with E-state index in [-0.39, 0.29) is 18.0 Å². The van der Waals surface area contributed by atoms with E-state index >= 15 is 0 Å². The molecule has 2 aliphatic rings. The van der Waals surface area contributed by atoms with Crippen LogP contribution in [0.3, 0.4) is 0 Å². The Morgan fingerprint density at radius 2 is 1.71 bits per heavy atom. The Bertz CT molecular complexity index is 1090. The zero-order valence-electron chi connectivity index (χ0n) is 22.1. The summed E-state index contributed by atoms with van der Waals surface area (Å²) in [7, 11) is 4.76. The monoisotopic (exact) mass is 552 g/mol. The number of hydrogen-bond donors (Lipinski definition) is 1. The first-order valence-electron chi connectivity index (χ1n) is 12.8. The highest BCUT2D eigenvalue weighted by atomic mass is 35.5. The van der Waals surface area contributed by atoms with E-state index in [1.165, 1.54) is 36.2 Å². The lowest BCUT2D eigenvalue weighted by molar-refractivity contribution is -0.200. The highest BCUT2D eigenvalue weighted by Crippen LogP contribution is 2.38. The summed E-state index contributed by atoms with van der Waals surface area (Å²) in [6.45, 7) is 1.86. The standard InChI is InChI=1S/C28H36ClF3N4O2/c1-34(2)25(37)23-13-11-22(12-14-24(23)29)36-18-15-20(16-19-36)8-7-17-35(3)26(38)27(33,28(30,31)32)21-9-5-4-6-10-21/h4-6,9-13,20H,7-8,14-19,33H2,1-3H3/t27-/m0/s1. The second kappa shape index (κ2) is 12.4. The van der Waals surface area contributed by atoms with Crippen LogP contribution < -0.4 is 5.73 Å². The average molecular weight is 553 g/mol. The number of allylic oxidation sites excluding steroid dienone is 3. The van der Waals surface area contributed by atoms with Crippen molar-refractivity contribution in [1.82, 2.24) is 14.7 Å². The molecule has 1 aliphatic heterocycles. The minimum atomic E-state index is -4.92. The van der Waals surface area contributed by atoms with Crippen molar-refractivity contribution in [2.45, 2.75) is 43.8 Å². The SMILES string of the molecule is CN(C)C(=O)C1=C(Cl)CC=C(N2CCC(CCCN(C)C(=O)[C@@](N)(c3ccccc3)C(F)(F)F)CC2)C=C1. The van der Waals surface area contributed by atoms with Gasteiger partial charge in [-0.25, -0.2) is 0 Å². The van der Waals surface area contributed by atoms with Gasteiger partial charge in [0.05, 0.1) is 5.57 Å². The summed E-state index contributed by atoms with van der Waals surface area (Å²) in [4.78, 5) is 30.1. The number of halogens is 4. The number of carbonyl (C=O) groups excluding carboxylic acids is 2. The minimum absolute atomic E-state index is 0.131. The van der Waals surface area contributed by atoms with E-state index < -0.39 is 17.6 Å². The smallest absolute Gasteiger partial charge is 0.372 e. The third kappa shape index (κ3) is 6.61. The molecular weight excluding hydrogens is 517 g/mol. The van der Waals surface area contributed by atoms with Gasteiger partial charge in [-0.05, 0) is 49.3 Å². The molecular formula is C28H36ClF3N4O2. The molecule has 1 atom stereocenters. The fraction of sp³-hybridized carbons (Fsp3) is 0.500. The van der Waals surface area contributed by atoms with Gasteiger partial charge in [-0.15, -0.1) is 0 Å². The number of carbonyl (C=O) groups is 2. The Hall–Kier alpha value is -2.78. The molecule has 0 unspecified atom stereocenters. The van der Waals surface area contributed by atoms with Crippen molar-refractivity contribution in [3.8, 4) is 0 Å². The Kier molecular flexibility index (Phi) is 9.70. The van der Waals surface area contributed by atoms with Crippen LogP contribution in [-0.4, -0.2) is 73.5 Å². The van der Waals surface area contributed by atoms with E-state index in [2.05, 4.69) is 4.90 Å². The Morgan fingerprint density at radius 3 is 2.29 bits per heavy atom. The molecule has 0 bridgehead atoms. The molecule has 1 aliphatic carbocycles. The lowest BCUT2D eigenvalue weighted by atomic mass is 9.88. The molecule has 38 heavy (non-hydrogen) atoms. The maximum atomic E-state index is 13.9. The Labute approximate surface area is 227 Å². The molecule has 2 N–H and O–H groups in total. The molecule has 1 aromatic carbocycles. The molecule has 1 heterocycles. The highest BCUT2D eigenvalue weighted by Gasteiger charge is 2.59. The molecule has 1 saturated heterocycles. The molecule has 1 aromatic rings. The number of rotatable bonds is 8. The highest BCUT2D eigenvalue weighted by molar-refractivity contribution is 6.32. The summed E-state index contributed by atoms with van der Waals surface area (Å²) in [5.74, 6) is -0.872. The first kappa shape index (κ1) is 29.8. The number of nitrogens with two attached hydrogens (primary N) is 1. The van der Waals surface area contributed by atoms with Crippen LogP contribution in [0.2, 0.25) is 0 Å². The van der Waals surface area contributed by atoms with Gasteiger partial charge >= 0.3 is 6.18 Å². The van der Waals surface area contributed by atoms with Crippen LogP contribution >= 0.6 is 11.6 Å². The van der Waals surface area contributed by atoms with E-state index in [1.54, 1.807) is 26.2 Å². The quantitative estimate of drug-likeness (QED) is 0.504. The van der Waals surface area contributed by atoms with Gasteiger partial charge in [-0.1, -0.05) is 48.0 Å². The molecule has 1 fully saturated rings. The molecule has 3 rings (SSSR count).